The van der Waals surface area contributed by atoms with Crippen molar-refractivity contribution in [2.24, 2.45) is 11.8 Å². The molecule has 2 nitrogen and oxygen atoms in total. The van der Waals surface area contributed by atoms with Gasteiger partial charge in [0.1, 0.15) is 5.75 Å². The lowest BCUT2D eigenvalue weighted by Crippen LogP contribution is -2.35. The Balaban J connectivity index is 1.63. The molecule has 0 amide bonds. The molecule has 1 atom stereocenters. The molecule has 2 aliphatic carbocycles. The fourth-order valence-electron chi connectivity index (χ4n) is 2.85. The highest BCUT2D eigenvalue weighted by Gasteiger charge is 2.41. The molecule has 0 spiro atoms. The predicted molar refractivity (Wildman–Crippen MR) is 73.8 cm³/mol. The van der Waals surface area contributed by atoms with Crippen LogP contribution in [0, 0.1) is 11.8 Å². The molecule has 0 bridgehead atoms. The topological polar surface area (TPSA) is 21.3 Å². The highest BCUT2D eigenvalue weighted by atomic mass is 16.5. The van der Waals surface area contributed by atoms with E-state index in [9.17, 15) is 0 Å². The minimum Gasteiger partial charge on any atom is -0.497 e. The fraction of sp³-hybridized carbons (Fsp3) is 0.625. The summed E-state index contributed by atoms with van der Waals surface area (Å²) in [7, 11) is 1.72. The summed E-state index contributed by atoms with van der Waals surface area (Å²) in [5, 5.41) is 3.85. The lowest BCUT2D eigenvalue weighted by Gasteiger charge is -2.23. The molecule has 98 valence electrons. The van der Waals surface area contributed by atoms with Crippen molar-refractivity contribution in [3.8, 4) is 5.75 Å². The molecule has 1 aromatic carbocycles. The van der Waals surface area contributed by atoms with E-state index in [1.165, 1.54) is 31.2 Å². The second kappa shape index (κ2) is 4.93. The molecule has 2 heteroatoms. The van der Waals surface area contributed by atoms with Crippen LogP contribution in [0.3, 0.4) is 0 Å². The van der Waals surface area contributed by atoms with Crippen molar-refractivity contribution < 1.29 is 4.74 Å². The maximum absolute atomic E-state index is 5.21. The van der Waals surface area contributed by atoms with Crippen LogP contribution in [0.5, 0.6) is 5.75 Å². The summed E-state index contributed by atoms with van der Waals surface area (Å²) in [6, 6.07) is 9.66. The Morgan fingerprint density at radius 3 is 2.06 bits per heavy atom. The Morgan fingerprint density at radius 2 is 1.61 bits per heavy atom. The van der Waals surface area contributed by atoms with Gasteiger partial charge in [-0.3, -0.25) is 0 Å². The van der Waals surface area contributed by atoms with Crippen LogP contribution < -0.4 is 10.1 Å². The van der Waals surface area contributed by atoms with Crippen molar-refractivity contribution in [1.29, 1.82) is 0 Å². The van der Waals surface area contributed by atoms with Gasteiger partial charge >= 0.3 is 0 Å². The van der Waals surface area contributed by atoms with Crippen molar-refractivity contribution in [2.45, 2.75) is 44.7 Å². The largest absolute Gasteiger partial charge is 0.497 e. The van der Waals surface area contributed by atoms with Crippen LogP contribution in [0.15, 0.2) is 24.3 Å². The first-order valence-electron chi connectivity index (χ1n) is 7.18. The molecule has 0 radical (unpaired) electrons. The van der Waals surface area contributed by atoms with Crippen LogP contribution in [0.25, 0.3) is 0 Å². The van der Waals surface area contributed by atoms with Crippen molar-refractivity contribution in [3.63, 3.8) is 0 Å². The van der Waals surface area contributed by atoms with E-state index in [2.05, 4.69) is 36.5 Å². The molecular formula is C16H23NO. The zero-order valence-electron chi connectivity index (χ0n) is 11.4. The third-order valence-corrected chi connectivity index (χ3v) is 4.32. The van der Waals surface area contributed by atoms with Gasteiger partial charge in [-0.05, 0) is 62.1 Å². The first-order valence-corrected chi connectivity index (χ1v) is 7.18. The first-order chi connectivity index (χ1) is 8.78. The monoisotopic (exact) mass is 245 g/mol. The number of rotatable bonds is 6. The Bertz CT molecular complexity index is 380. The molecule has 2 fully saturated rings. The smallest absolute Gasteiger partial charge is 0.118 e. The van der Waals surface area contributed by atoms with Crippen LogP contribution in [0.1, 0.15) is 44.2 Å². The third kappa shape index (κ3) is 2.69. The Kier molecular flexibility index (Phi) is 3.29. The van der Waals surface area contributed by atoms with Crippen LogP contribution in [0.4, 0.5) is 0 Å². The SMILES string of the molecule is COc1ccc([C@@H](C)NC(C2CC2)C2CC2)cc1. The maximum atomic E-state index is 5.21. The summed E-state index contributed by atoms with van der Waals surface area (Å²) in [6.07, 6.45) is 5.74. The molecule has 3 rings (SSSR count). The summed E-state index contributed by atoms with van der Waals surface area (Å²) >= 11 is 0. The molecule has 2 aliphatic rings. The molecule has 18 heavy (non-hydrogen) atoms. The maximum Gasteiger partial charge on any atom is 0.118 e. The highest BCUT2D eigenvalue weighted by Crippen LogP contribution is 2.45. The molecule has 1 N–H and O–H groups in total. The second-order valence-corrected chi connectivity index (χ2v) is 5.86. The summed E-state index contributed by atoms with van der Waals surface area (Å²) < 4.78 is 5.21. The summed E-state index contributed by atoms with van der Waals surface area (Å²) in [5.41, 5.74) is 1.36. The normalized spacial score (nSPS) is 21.1. The molecule has 0 aromatic heterocycles. The lowest BCUT2D eigenvalue weighted by atomic mass is 10.0. The zero-order chi connectivity index (χ0) is 12.5. The molecule has 0 unspecified atom stereocenters. The van der Waals surface area contributed by atoms with Gasteiger partial charge < -0.3 is 10.1 Å². The van der Waals surface area contributed by atoms with E-state index in [4.69, 9.17) is 4.74 Å². The number of hydrogen-bond acceptors (Lipinski definition) is 2. The Labute approximate surface area is 110 Å². The third-order valence-electron chi connectivity index (χ3n) is 4.32. The van der Waals surface area contributed by atoms with E-state index in [1.807, 2.05) is 0 Å². The number of benzene rings is 1. The number of nitrogens with one attached hydrogen (secondary N) is 1. The quantitative estimate of drug-likeness (QED) is 0.827. The van der Waals surface area contributed by atoms with Crippen LogP contribution in [0.2, 0.25) is 0 Å². The Morgan fingerprint density at radius 1 is 1.06 bits per heavy atom. The van der Waals surface area contributed by atoms with E-state index >= 15 is 0 Å². The highest BCUT2D eigenvalue weighted by molar-refractivity contribution is 5.29. The average Bonchev–Trinajstić information content (AvgIpc) is 3.29. The minimum absolute atomic E-state index is 0.446. The van der Waals surface area contributed by atoms with Crippen LogP contribution in [-0.4, -0.2) is 13.2 Å². The van der Waals surface area contributed by atoms with Gasteiger partial charge in [0.15, 0.2) is 0 Å². The van der Waals surface area contributed by atoms with Gasteiger partial charge in [-0.1, -0.05) is 12.1 Å². The van der Waals surface area contributed by atoms with E-state index < -0.39 is 0 Å². The van der Waals surface area contributed by atoms with Gasteiger partial charge in [0.2, 0.25) is 0 Å². The van der Waals surface area contributed by atoms with Gasteiger partial charge in [-0.25, -0.2) is 0 Å². The van der Waals surface area contributed by atoms with Crippen LogP contribution in [-0.2, 0) is 0 Å². The summed E-state index contributed by atoms with van der Waals surface area (Å²) in [5.74, 6) is 2.85. The molecule has 1 aromatic rings. The summed E-state index contributed by atoms with van der Waals surface area (Å²) in [4.78, 5) is 0. The average molecular weight is 245 g/mol. The molecule has 0 aliphatic heterocycles. The van der Waals surface area contributed by atoms with E-state index in [0.29, 0.717) is 6.04 Å². The first kappa shape index (κ1) is 12.0. The molecule has 2 saturated carbocycles. The van der Waals surface area contributed by atoms with Gasteiger partial charge in [0.25, 0.3) is 0 Å². The molecule has 0 saturated heterocycles. The van der Waals surface area contributed by atoms with Gasteiger partial charge in [-0.2, -0.15) is 0 Å². The van der Waals surface area contributed by atoms with E-state index in [-0.39, 0.29) is 0 Å². The van der Waals surface area contributed by atoms with Crippen molar-refractivity contribution in [3.05, 3.63) is 29.8 Å². The lowest BCUT2D eigenvalue weighted by molar-refractivity contribution is 0.377. The van der Waals surface area contributed by atoms with Gasteiger partial charge in [0.05, 0.1) is 7.11 Å². The van der Waals surface area contributed by atoms with Crippen molar-refractivity contribution >= 4 is 0 Å². The number of methoxy groups -OCH3 is 1. The zero-order valence-corrected chi connectivity index (χ0v) is 11.4. The Hall–Kier alpha value is -1.02. The van der Waals surface area contributed by atoms with Crippen LogP contribution >= 0.6 is 0 Å². The fourth-order valence-corrected chi connectivity index (χ4v) is 2.85. The number of hydrogen-bond donors (Lipinski definition) is 1. The molecule has 0 heterocycles. The standard InChI is InChI=1S/C16H23NO/c1-11(12-7-9-15(18-2)10-8-12)17-16(13-3-4-13)14-5-6-14/h7-11,13-14,16-17H,3-6H2,1-2H3/t11-/m1/s1. The molecular weight excluding hydrogens is 222 g/mol. The summed E-state index contributed by atoms with van der Waals surface area (Å²) in [6.45, 7) is 2.28. The van der Waals surface area contributed by atoms with E-state index in [0.717, 1.165) is 23.6 Å². The van der Waals surface area contributed by atoms with Crippen molar-refractivity contribution in [1.82, 2.24) is 5.32 Å². The second-order valence-electron chi connectivity index (χ2n) is 5.86. The van der Waals surface area contributed by atoms with Gasteiger partial charge in [-0.15, -0.1) is 0 Å². The van der Waals surface area contributed by atoms with E-state index in [1.54, 1.807) is 7.11 Å². The predicted octanol–water partition coefficient (Wildman–Crippen LogP) is 3.53. The number of ether oxygens (including phenoxy) is 1. The van der Waals surface area contributed by atoms with Crippen molar-refractivity contribution in [2.75, 3.05) is 7.11 Å². The van der Waals surface area contributed by atoms with Gasteiger partial charge in [0, 0.05) is 12.1 Å². The minimum atomic E-state index is 0.446.